The summed E-state index contributed by atoms with van der Waals surface area (Å²) in [6.07, 6.45) is 2.04. The molecular formula is C25H28ClNO5. The molecule has 2 N–H and O–H groups in total. The molecule has 1 aromatic rings. The second-order valence-corrected chi connectivity index (χ2v) is 10.9. The fourth-order valence-electron chi connectivity index (χ4n) is 4.97. The minimum absolute atomic E-state index is 0.00406. The molecule has 4 rings (SSSR count). The molecular weight excluding hydrogens is 430 g/mol. The van der Waals surface area contributed by atoms with Crippen LogP contribution in [-0.2, 0) is 19.1 Å². The van der Waals surface area contributed by atoms with Gasteiger partial charge in [0.1, 0.15) is 17.3 Å². The van der Waals surface area contributed by atoms with Crippen molar-refractivity contribution < 1.29 is 23.9 Å². The Labute approximate surface area is 192 Å². The largest absolute Gasteiger partial charge is 0.482 e. The minimum Gasteiger partial charge on any atom is -0.482 e. The van der Waals surface area contributed by atoms with Crippen molar-refractivity contribution in [2.24, 2.45) is 16.6 Å². The van der Waals surface area contributed by atoms with Crippen LogP contribution in [0, 0.1) is 10.8 Å². The minimum atomic E-state index is -0.606. The molecule has 0 unspecified atom stereocenters. The third-order valence-corrected chi connectivity index (χ3v) is 6.54. The first-order valence-corrected chi connectivity index (χ1v) is 11.2. The average molecular weight is 458 g/mol. The summed E-state index contributed by atoms with van der Waals surface area (Å²) in [6, 6.07) is 5.13. The molecule has 1 heterocycles. The molecule has 170 valence electrons. The molecule has 1 aliphatic heterocycles. The third kappa shape index (κ3) is 4.20. The average Bonchev–Trinajstić information content (AvgIpc) is 2.63. The number of primary amides is 1. The van der Waals surface area contributed by atoms with Gasteiger partial charge in [-0.2, -0.15) is 0 Å². The Kier molecular flexibility index (Phi) is 5.48. The molecule has 3 aliphatic rings. The number of ketones is 2. The van der Waals surface area contributed by atoms with Gasteiger partial charge in [-0.25, -0.2) is 0 Å². The lowest BCUT2D eigenvalue weighted by atomic mass is 9.65. The van der Waals surface area contributed by atoms with E-state index < -0.39 is 11.8 Å². The summed E-state index contributed by atoms with van der Waals surface area (Å²) in [5.41, 5.74) is 6.56. The Morgan fingerprint density at radius 3 is 2.03 bits per heavy atom. The highest BCUT2D eigenvalue weighted by Gasteiger charge is 2.47. The van der Waals surface area contributed by atoms with Crippen LogP contribution in [0.25, 0.3) is 0 Å². The maximum absolute atomic E-state index is 13.3. The molecule has 32 heavy (non-hydrogen) atoms. The van der Waals surface area contributed by atoms with Crippen LogP contribution in [0.5, 0.6) is 5.75 Å². The SMILES string of the molecule is CC1(C)CC(=O)C2=C(C1)OC1=C(C(=O)CC(C)(C)C1)C2c1ccc(OCC(N)=O)c(Cl)c1. The Balaban J connectivity index is 1.83. The van der Waals surface area contributed by atoms with Crippen molar-refractivity contribution in [2.75, 3.05) is 6.61 Å². The van der Waals surface area contributed by atoms with E-state index in [2.05, 4.69) is 27.7 Å². The van der Waals surface area contributed by atoms with Crippen LogP contribution in [0.15, 0.2) is 40.9 Å². The maximum Gasteiger partial charge on any atom is 0.255 e. The van der Waals surface area contributed by atoms with Crippen molar-refractivity contribution in [2.45, 2.75) is 59.3 Å². The van der Waals surface area contributed by atoms with Gasteiger partial charge < -0.3 is 15.2 Å². The lowest BCUT2D eigenvalue weighted by molar-refractivity contribution is -0.121. The number of hydrogen-bond donors (Lipinski definition) is 1. The third-order valence-electron chi connectivity index (χ3n) is 6.24. The lowest BCUT2D eigenvalue weighted by Gasteiger charge is -2.42. The topological polar surface area (TPSA) is 95.7 Å². The molecule has 0 radical (unpaired) electrons. The summed E-state index contributed by atoms with van der Waals surface area (Å²) in [5, 5.41) is 0.284. The van der Waals surface area contributed by atoms with Crippen molar-refractivity contribution in [3.8, 4) is 5.75 Å². The van der Waals surface area contributed by atoms with Crippen molar-refractivity contribution in [1.82, 2.24) is 0 Å². The zero-order chi connectivity index (χ0) is 23.4. The van der Waals surface area contributed by atoms with Gasteiger partial charge in [-0.3, -0.25) is 14.4 Å². The van der Waals surface area contributed by atoms with Gasteiger partial charge in [0.05, 0.1) is 5.02 Å². The van der Waals surface area contributed by atoms with Crippen LogP contribution in [0.2, 0.25) is 5.02 Å². The molecule has 0 saturated heterocycles. The number of benzene rings is 1. The molecule has 0 atom stereocenters. The van der Waals surface area contributed by atoms with E-state index in [4.69, 9.17) is 26.8 Å². The van der Waals surface area contributed by atoms with Crippen LogP contribution in [0.4, 0.5) is 0 Å². The quantitative estimate of drug-likeness (QED) is 0.712. The predicted octanol–water partition coefficient (Wildman–Crippen LogP) is 4.60. The lowest BCUT2D eigenvalue weighted by Crippen LogP contribution is -2.37. The summed E-state index contributed by atoms with van der Waals surface area (Å²) in [6.45, 7) is 7.91. The molecule has 1 amide bonds. The number of allylic oxidation sites excluding steroid dienone is 4. The Morgan fingerprint density at radius 1 is 1.03 bits per heavy atom. The maximum atomic E-state index is 13.3. The molecule has 7 heteroatoms. The molecule has 0 saturated carbocycles. The Morgan fingerprint density at radius 2 is 1.56 bits per heavy atom. The fourth-order valence-corrected chi connectivity index (χ4v) is 5.21. The highest BCUT2D eigenvalue weighted by molar-refractivity contribution is 6.32. The first kappa shape index (κ1) is 22.6. The summed E-state index contributed by atoms with van der Waals surface area (Å²) in [4.78, 5) is 37.6. The highest BCUT2D eigenvalue weighted by atomic mass is 35.5. The van der Waals surface area contributed by atoms with E-state index in [9.17, 15) is 14.4 Å². The molecule has 0 spiro atoms. The summed E-state index contributed by atoms with van der Waals surface area (Å²) in [5.74, 6) is 0.494. The second-order valence-electron chi connectivity index (χ2n) is 10.5. The first-order chi connectivity index (χ1) is 14.9. The van der Waals surface area contributed by atoms with E-state index in [-0.39, 0.29) is 34.0 Å². The van der Waals surface area contributed by atoms with Crippen LogP contribution in [0.3, 0.4) is 0 Å². The van der Waals surface area contributed by atoms with Gasteiger partial charge in [-0.1, -0.05) is 45.4 Å². The van der Waals surface area contributed by atoms with Gasteiger partial charge in [-0.05, 0) is 28.5 Å². The first-order valence-electron chi connectivity index (χ1n) is 10.8. The van der Waals surface area contributed by atoms with E-state index in [0.717, 1.165) is 5.56 Å². The number of carbonyl (C=O) groups excluding carboxylic acids is 3. The van der Waals surface area contributed by atoms with Gasteiger partial charge in [0.15, 0.2) is 18.2 Å². The summed E-state index contributed by atoms with van der Waals surface area (Å²) < 4.78 is 11.6. The Hall–Kier alpha value is -2.60. The number of amides is 1. The van der Waals surface area contributed by atoms with Crippen LogP contribution >= 0.6 is 11.6 Å². The molecule has 6 nitrogen and oxygen atoms in total. The van der Waals surface area contributed by atoms with E-state index in [1.165, 1.54) is 0 Å². The number of carbonyl (C=O) groups is 3. The molecule has 0 bridgehead atoms. The van der Waals surface area contributed by atoms with Crippen LogP contribution in [-0.4, -0.2) is 24.1 Å². The van der Waals surface area contributed by atoms with Gasteiger partial charge in [-0.15, -0.1) is 0 Å². The number of halogens is 1. The van der Waals surface area contributed by atoms with Crippen molar-refractivity contribution >= 4 is 29.1 Å². The number of ether oxygens (including phenoxy) is 2. The molecule has 0 aromatic heterocycles. The Bertz CT molecular complexity index is 1040. The zero-order valence-corrected chi connectivity index (χ0v) is 19.6. The standard InChI is InChI=1S/C25H28ClNO5/c1-24(2)8-15(28)22-18(10-24)32-19-11-25(3,4)9-16(29)23(19)21(22)13-5-6-17(14(26)7-13)31-12-20(27)30/h5-7,21H,8-12H2,1-4H3,(H2,27,30). The highest BCUT2D eigenvalue weighted by Crippen LogP contribution is 2.53. The fraction of sp³-hybridized carbons (Fsp3) is 0.480. The van der Waals surface area contributed by atoms with E-state index in [1.807, 2.05) is 0 Å². The van der Waals surface area contributed by atoms with Crippen molar-refractivity contribution in [3.05, 3.63) is 51.4 Å². The van der Waals surface area contributed by atoms with Crippen LogP contribution < -0.4 is 10.5 Å². The van der Waals surface area contributed by atoms with Gasteiger partial charge in [0.2, 0.25) is 0 Å². The van der Waals surface area contributed by atoms with Crippen molar-refractivity contribution in [1.29, 1.82) is 0 Å². The zero-order valence-electron chi connectivity index (χ0n) is 18.8. The van der Waals surface area contributed by atoms with Gasteiger partial charge >= 0.3 is 0 Å². The van der Waals surface area contributed by atoms with E-state index in [0.29, 0.717) is 54.1 Å². The molecule has 0 fully saturated rings. The molecule has 2 aliphatic carbocycles. The monoisotopic (exact) mass is 457 g/mol. The van der Waals surface area contributed by atoms with E-state index >= 15 is 0 Å². The summed E-state index contributed by atoms with van der Waals surface area (Å²) in [7, 11) is 0. The number of hydrogen-bond acceptors (Lipinski definition) is 5. The summed E-state index contributed by atoms with van der Waals surface area (Å²) >= 11 is 6.44. The van der Waals surface area contributed by atoms with Gasteiger partial charge in [0.25, 0.3) is 5.91 Å². The predicted molar refractivity (Wildman–Crippen MR) is 120 cm³/mol. The number of Topliss-reactive ketones (excluding diaryl/α,β-unsaturated/α-hetero) is 2. The van der Waals surface area contributed by atoms with E-state index in [1.54, 1.807) is 18.2 Å². The van der Waals surface area contributed by atoms with Gasteiger partial charge in [0, 0.05) is 42.7 Å². The number of nitrogens with two attached hydrogens (primary N) is 1. The van der Waals surface area contributed by atoms with Crippen molar-refractivity contribution in [3.63, 3.8) is 0 Å². The number of rotatable bonds is 4. The second kappa shape index (κ2) is 7.77. The smallest absolute Gasteiger partial charge is 0.255 e. The normalized spacial score (nSPS) is 22.3. The van der Waals surface area contributed by atoms with Crippen LogP contribution in [0.1, 0.15) is 64.9 Å². The molecule has 1 aromatic carbocycles.